The van der Waals surface area contributed by atoms with E-state index in [2.05, 4.69) is 11.7 Å². The van der Waals surface area contributed by atoms with Crippen LogP contribution < -0.4 is 9.64 Å². The molecule has 0 aliphatic carbocycles. The van der Waals surface area contributed by atoms with Crippen LogP contribution in [0.15, 0.2) is 66.3 Å². The topological polar surface area (TPSA) is 60.4 Å². The molecule has 2 rings (SSSR count). The highest BCUT2D eigenvalue weighted by Gasteiger charge is 2.14. The molecule has 0 unspecified atom stereocenters. The van der Waals surface area contributed by atoms with Gasteiger partial charge in [-0.05, 0) is 18.2 Å². The number of ether oxygens (including phenoxy) is 2. The average molecular weight is 354 g/mol. The summed E-state index contributed by atoms with van der Waals surface area (Å²) in [6, 6.07) is 15.0. The van der Waals surface area contributed by atoms with E-state index in [-0.39, 0.29) is 6.61 Å². The van der Waals surface area contributed by atoms with Crippen LogP contribution in [0.1, 0.15) is 11.1 Å². The Morgan fingerprint density at radius 2 is 1.92 bits per heavy atom. The molecule has 0 aliphatic heterocycles. The van der Waals surface area contributed by atoms with E-state index in [4.69, 9.17) is 14.3 Å². The molecule has 0 bridgehead atoms. The van der Waals surface area contributed by atoms with Gasteiger partial charge in [-0.25, -0.2) is 4.79 Å². The van der Waals surface area contributed by atoms with E-state index >= 15 is 0 Å². The zero-order chi connectivity index (χ0) is 18.8. The molecule has 0 saturated carbocycles. The maximum Gasteiger partial charge on any atom is 0.413 e. The second-order valence-corrected chi connectivity index (χ2v) is 5.30. The number of hydrogen-bond acceptors (Lipinski definition) is 5. The average Bonchev–Trinajstić information content (AvgIpc) is 2.69. The Labute approximate surface area is 153 Å². The molecule has 2 aromatic carbocycles. The van der Waals surface area contributed by atoms with Gasteiger partial charge in [-0.3, -0.25) is 4.90 Å². The first kappa shape index (κ1) is 19.1. The third-order valence-corrected chi connectivity index (χ3v) is 3.56. The van der Waals surface area contributed by atoms with E-state index in [1.807, 2.05) is 48.5 Å². The molecule has 0 atom stereocenters. The third-order valence-electron chi connectivity index (χ3n) is 3.56. The summed E-state index contributed by atoms with van der Waals surface area (Å²) in [5.41, 5.74) is 2.37. The van der Waals surface area contributed by atoms with Crippen molar-refractivity contribution in [3.8, 4) is 5.75 Å². The first-order chi connectivity index (χ1) is 12.7. The molecule has 0 radical (unpaired) electrons. The molecule has 6 nitrogen and oxygen atoms in total. The predicted molar refractivity (Wildman–Crippen MR) is 102 cm³/mol. The van der Waals surface area contributed by atoms with Crippen LogP contribution in [0.3, 0.4) is 0 Å². The second kappa shape index (κ2) is 9.88. The van der Waals surface area contributed by atoms with Crippen molar-refractivity contribution in [1.82, 2.24) is 0 Å². The summed E-state index contributed by atoms with van der Waals surface area (Å²) in [5.74, 6) is 0.661. The van der Waals surface area contributed by atoms with Crippen LogP contribution in [0, 0.1) is 0 Å². The maximum atomic E-state index is 11.8. The van der Waals surface area contributed by atoms with Gasteiger partial charge in [0.2, 0.25) is 0 Å². The Hall–Kier alpha value is -3.28. The Morgan fingerprint density at radius 1 is 1.19 bits per heavy atom. The van der Waals surface area contributed by atoms with Crippen molar-refractivity contribution in [3.63, 3.8) is 0 Å². The zero-order valence-corrected chi connectivity index (χ0v) is 14.9. The highest BCUT2D eigenvalue weighted by Crippen LogP contribution is 2.23. The summed E-state index contributed by atoms with van der Waals surface area (Å²) >= 11 is 0. The molecular formula is C20H22N2O4. The summed E-state index contributed by atoms with van der Waals surface area (Å²) in [5, 5.41) is 3.88. The minimum Gasteiger partial charge on any atom is -0.488 e. The van der Waals surface area contributed by atoms with E-state index in [0.717, 1.165) is 16.8 Å². The van der Waals surface area contributed by atoms with Crippen LogP contribution in [0.25, 0.3) is 0 Å². The number of carbonyl (C=O) groups excluding carboxylic acids is 1. The van der Waals surface area contributed by atoms with E-state index in [1.165, 1.54) is 12.0 Å². The largest absolute Gasteiger partial charge is 0.488 e. The molecule has 0 aromatic heterocycles. The Morgan fingerprint density at radius 3 is 2.69 bits per heavy atom. The molecule has 0 heterocycles. The maximum absolute atomic E-state index is 11.8. The summed E-state index contributed by atoms with van der Waals surface area (Å²) in [6.07, 6.45) is 2.77. The van der Waals surface area contributed by atoms with Gasteiger partial charge in [0.1, 0.15) is 19.0 Å². The highest BCUT2D eigenvalue weighted by atomic mass is 16.6. The first-order valence-electron chi connectivity index (χ1n) is 8.05. The number of carbonyl (C=O) groups is 1. The van der Waals surface area contributed by atoms with Crippen LogP contribution in [0.4, 0.5) is 10.5 Å². The number of hydrogen-bond donors (Lipinski definition) is 0. The van der Waals surface area contributed by atoms with Crippen LogP contribution in [0.5, 0.6) is 5.75 Å². The molecule has 1 amide bonds. The SMILES string of the molecule is C=CCON=Cc1ccccc1OCc1ccccc1N(C)C(=O)OC. The molecule has 2 aromatic rings. The van der Waals surface area contributed by atoms with Crippen molar-refractivity contribution in [3.05, 3.63) is 72.3 Å². The quantitative estimate of drug-likeness (QED) is 0.311. The van der Waals surface area contributed by atoms with Crippen LogP contribution in [0.2, 0.25) is 0 Å². The van der Waals surface area contributed by atoms with Gasteiger partial charge in [0.15, 0.2) is 0 Å². The summed E-state index contributed by atoms with van der Waals surface area (Å²) in [4.78, 5) is 18.3. The molecule has 136 valence electrons. The molecule has 0 aliphatic rings. The molecule has 0 spiro atoms. The first-order valence-corrected chi connectivity index (χ1v) is 8.05. The molecule has 0 fully saturated rings. The molecule has 0 N–H and O–H groups in total. The van der Waals surface area contributed by atoms with Gasteiger partial charge >= 0.3 is 6.09 Å². The molecule has 0 saturated heterocycles. The van der Waals surface area contributed by atoms with Crippen LogP contribution >= 0.6 is 0 Å². The van der Waals surface area contributed by atoms with E-state index < -0.39 is 6.09 Å². The summed E-state index contributed by atoms with van der Waals surface area (Å²) < 4.78 is 10.7. The number of anilines is 1. The second-order valence-electron chi connectivity index (χ2n) is 5.30. The van der Waals surface area contributed by atoms with Crippen molar-refractivity contribution in [1.29, 1.82) is 0 Å². The predicted octanol–water partition coefficient (Wildman–Crippen LogP) is 4.00. The Balaban J connectivity index is 2.14. The summed E-state index contributed by atoms with van der Waals surface area (Å²) in [7, 11) is 3.00. The third kappa shape index (κ3) is 5.11. The monoisotopic (exact) mass is 354 g/mol. The molecular weight excluding hydrogens is 332 g/mol. The van der Waals surface area contributed by atoms with Crippen molar-refractivity contribution in [2.45, 2.75) is 6.61 Å². The lowest BCUT2D eigenvalue weighted by Crippen LogP contribution is -2.27. The van der Waals surface area contributed by atoms with Gasteiger partial charge in [-0.2, -0.15) is 0 Å². The number of para-hydroxylation sites is 2. The van der Waals surface area contributed by atoms with Gasteiger partial charge in [-0.1, -0.05) is 48.1 Å². The van der Waals surface area contributed by atoms with E-state index in [1.54, 1.807) is 19.3 Å². The fourth-order valence-corrected chi connectivity index (χ4v) is 2.26. The van der Waals surface area contributed by atoms with Gasteiger partial charge in [-0.15, -0.1) is 0 Å². The molecule has 26 heavy (non-hydrogen) atoms. The number of benzene rings is 2. The summed E-state index contributed by atoms with van der Waals surface area (Å²) in [6.45, 7) is 4.19. The molecule has 6 heteroatoms. The van der Waals surface area contributed by atoms with Crippen molar-refractivity contribution >= 4 is 18.0 Å². The lowest BCUT2D eigenvalue weighted by Gasteiger charge is -2.19. The van der Waals surface area contributed by atoms with Gasteiger partial charge in [0.25, 0.3) is 0 Å². The van der Waals surface area contributed by atoms with Crippen molar-refractivity contribution in [2.75, 3.05) is 25.7 Å². The number of amides is 1. The number of methoxy groups -OCH3 is 1. The Bertz CT molecular complexity index is 774. The number of oxime groups is 1. The van der Waals surface area contributed by atoms with Gasteiger partial charge in [0.05, 0.1) is 19.0 Å². The van der Waals surface area contributed by atoms with Crippen LogP contribution in [-0.4, -0.2) is 33.1 Å². The minimum absolute atomic E-state index is 0.288. The van der Waals surface area contributed by atoms with Crippen molar-refractivity contribution < 1.29 is 19.1 Å². The minimum atomic E-state index is -0.440. The highest BCUT2D eigenvalue weighted by molar-refractivity contribution is 5.88. The number of nitrogens with zero attached hydrogens (tertiary/aromatic N) is 2. The lowest BCUT2D eigenvalue weighted by molar-refractivity contribution is 0.176. The normalized spacial score (nSPS) is 10.4. The fourth-order valence-electron chi connectivity index (χ4n) is 2.26. The van der Waals surface area contributed by atoms with E-state index in [0.29, 0.717) is 12.4 Å². The standard InChI is InChI=1S/C20H22N2O4/c1-4-13-26-21-14-16-9-6-8-12-19(16)25-15-17-10-5-7-11-18(17)22(2)20(23)24-3/h4-12,14H,1,13,15H2,2-3H3. The Kier molecular flexibility index (Phi) is 7.24. The van der Waals surface area contributed by atoms with Crippen molar-refractivity contribution in [2.24, 2.45) is 5.16 Å². The lowest BCUT2D eigenvalue weighted by atomic mass is 10.1. The van der Waals surface area contributed by atoms with Gasteiger partial charge < -0.3 is 14.3 Å². The van der Waals surface area contributed by atoms with E-state index in [9.17, 15) is 4.79 Å². The van der Waals surface area contributed by atoms with Gasteiger partial charge in [0, 0.05) is 18.2 Å². The number of rotatable bonds is 8. The smallest absolute Gasteiger partial charge is 0.413 e. The van der Waals surface area contributed by atoms with Crippen LogP contribution in [-0.2, 0) is 16.2 Å². The zero-order valence-electron chi connectivity index (χ0n) is 14.9. The fraction of sp³-hybridized carbons (Fsp3) is 0.200.